The minimum Gasteiger partial charge on any atom is -0.313 e. The Morgan fingerprint density at radius 2 is 2.20 bits per heavy atom. The van der Waals surface area contributed by atoms with E-state index in [1.165, 1.54) is 6.21 Å². The number of aromatic nitrogens is 1. The van der Waals surface area contributed by atoms with Gasteiger partial charge in [-0.05, 0) is 6.07 Å². The summed E-state index contributed by atoms with van der Waals surface area (Å²) in [6, 6.07) is 0.811. The van der Waals surface area contributed by atoms with Crippen LogP contribution in [0.2, 0.25) is 5.02 Å². The van der Waals surface area contributed by atoms with Crippen LogP contribution in [0.1, 0.15) is 11.3 Å². The molecule has 1 heterocycles. The summed E-state index contributed by atoms with van der Waals surface area (Å²) in [7, 11) is 1.55. The second kappa shape index (κ2) is 4.48. The molecule has 0 saturated carbocycles. The molecule has 0 spiro atoms. The highest BCUT2D eigenvalue weighted by Crippen LogP contribution is 2.30. The topological polar surface area (TPSA) is 37.3 Å². The number of alkyl halides is 3. The molecule has 0 amide bonds. The number of rotatable bonds is 2. The van der Waals surface area contributed by atoms with Gasteiger partial charge in [-0.3, -0.25) is 4.98 Å². The van der Waals surface area contributed by atoms with E-state index in [-0.39, 0.29) is 10.7 Å². The van der Waals surface area contributed by atoms with E-state index >= 15 is 0 Å². The second-order valence-electron chi connectivity index (χ2n) is 2.57. The zero-order chi connectivity index (χ0) is 11.5. The van der Waals surface area contributed by atoms with Crippen LogP contribution in [-0.4, -0.2) is 18.2 Å². The van der Waals surface area contributed by atoms with Crippen LogP contribution in [0.5, 0.6) is 0 Å². The number of hydrogen-bond acceptors (Lipinski definition) is 3. The SMILES string of the molecule is CN/N=C/c1ncc(C(F)(F)F)cc1Cl. The molecule has 15 heavy (non-hydrogen) atoms. The highest BCUT2D eigenvalue weighted by Gasteiger charge is 2.31. The molecule has 0 aliphatic heterocycles. The van der Waals surface area contributed by atoms with Crippen molar-refractivity contribution in [2.45, 2.75) is 6.18 Å². The van der Waals surface area contributed by atoms with Crippen LogP contribution >= 0.6 is 11.6 Å². The number of nitrogens with one attached hydrogen (secondary N) is 1. The number of halogens is 4. The van der Waals surface area contributed by atoms with Gasteiger partial charge in [0.25, 0.3) is 0 Å². The quantitative estimate of drug-likeness (QED) is 0.633. The molecule has 1 aromatic heterocycles. The first-order valence-electron chi connectivity index (χ1n) is 3.87. The Hall–Kier alpha value is -1.30. The fourth-order valence-corrected chi connectivity index (χ4v) is 1.04. The van der Waals surface area contributed by atoms with E-state index in [1.54, 1.807) is 7.05 Å². The van der Waals surface area contributed by atoms with Gasteiger partial charge in [-0.25, -0.2) is 0 Å². The first-order chi connectivity index (χ1) is 6.95. The first-order valence-corrected chi connectivity index (χ1v) is 4.25. The predicted molar refractivity (Wildman–Crippen MR) is 50.9 cm³/mol. The monoisotopic (exact) mass is 237 g/mol. The fraction of sp³-hybridized carbons (Fsp3) is 0.250. The van der Waals surface area contributed by atoms with Crippen molar-refractivity contribution < 1.29 is 13.2 Å². The molecule has 3 nitrogen and oxygen atoms in total. The maximum Gasteiger partial charge on any atom is 0.417 e. The smallest absolute Gasteiger partial charge is 0.313 e. The van der Waals surface area contributed by atoms with Gasteiger partial charge < -0.3 is 5.43 Å². The Morgan fingerprint density at radius 3 is 2.67 bits per heavy atom. The molecule has 0 radical (unpaired) electrons. The Kier molecular flexibility index (Phi) is 3.52. The molecule has 1 rings (SSSR count). The molecule has 0 atom stereocenters. The Labute approximate surface area is 89.0 Å². The molecular weight excluding hydrogens is 231 g/mol. The van der Waals surface area contributed by atoms with Crippen molar-refractivity contribution in [1.82, 2.24) is 10.4 Å². The average molecular weight is 238 g/mol. The lowest BCUT2D eigenvalue weighted by Crippen LogP contribution is -2.07. The van der Waals surface area contributed by atoms with Crippen LogP contribution in [0.3, 0.4) is 0 Å². The van der Waals surface area contributed by atoms with Crippen LogP contribution in [0.25, 0.3) is 0 Å². The lowest BCUT2D eigenvalue weighted by molar-refractivity contribution is -0.137. The highest BCUT2D eigenvalue weighted by atomic mass is 35.5. The summed E-state index contributed by atoms with van der Waals surface area (Å²) in [5.41, 5.74) is 1.74. The van der Waals surface area contributed by atoms with Gasteiger partial charge in [0.05, 0.1) is 16.8 Å². The summed E-state index contributed by atoms with van der Waals surface area (Å²) in [4.78, 5) is 3.54. The minimum absolute atomic E-state index is 0.0937. The zero-order valence-electron chi connectivity index (χ0n) is 7.64. The van der Waals surface area contributed by atoms with E-state index in [2.05, 4.69) is 15.5 Å². The molecule has 7 heteroatoms. The number of pyridine rings is 1. The van der Waals surface area contributed by atoms with Crippen LogP contribution in [0.4, 0.5) is 13.2 Å². The van der Waals surface area contributed by atoms with Crippen LogP contribution in [0.15, 0.2) is 17.4 Å². The van der Waals surface area contributed by atoms with Crippen molar-refractivity contribution in [1.29, 1.82) is 0 Å². The predicted octanol–water partition coefficient (Wildman–Crippen LogP) is 2.31. The molecular formula is C8H7ClF3N3. The largest absolute Gasteiger partial charge is 0.417 e. The number of hydrogen-bond donors (Lipinski definition) is 1. The van der Waals surface area contributed by atoms with E-state index in [0.29, 0.717) is 6.20 Å². The second-order valence-corrected chi connectivity index (χ2v) is 2.98. The van der Waals surface area contributed by atoms with E-state index in [0.717, 1.165) is 6.07 Å². The molecule has 0 aliphatic rings. The van der Waals surface area contributed by atoms with E-state index < -0.39 is 11.7 Å². The van der Waals surface area contributed by atoms with Crippen molar-refractivity contribution in [3.8, 4) is 0 Å². The van der Waals surface area contributed by atoms with Gasteiger partial charge in [0.2, 0.25) is 0 Å². The van der Waals surface area contributed by atoms with Crippen LogP contribution < -0.4 is 5.43 Å². The molecule has 1 aromatic rings. The van der Waals surface area contributed by atoms with Gasteiger partial charge >= 0.3 is 6.18 Å². The third kappa shape index (κ3) is 3.09. The molecule has 1 N–H and O–H groups in total. The van der Waals surface area contributed by atoms with Crippen molar-refractivity contribution in [3.05, 3.63) is 28.5 Å². The van der Waals surface area contributed by atoms with Crippen LogP contribution in [-0.2, 0) is 6.18 Å². The molecule has 0 aromatic carbocycles. The third-order valence-electron chi connectivity index (χ3n) is 1.51. The summed E-state index contributed by atoms with van der Waals surface area (Å²) in [5, 5.41) is 3.50. The number of nitrogens with zero attached hydrogens (tertiary/aromatic N) is 2. The van der Waals surface area contributed by atoms with Gasteiger partial charge in [0.15, 0.2) is 0 Å². The van der Waals surface area contributed by atoms with Crippen LogP contribution in [0, 0.1) is 0 Å². The summed E-state index contributed by atoms with van der Waals surface area (Å²) >= 11 is 5.59. The maximum atomic E-state index is 12.2. The fourth-order valence-electron chi connectivity index (χ4n) is 0.824. The lowest BCUT2D eigenvalue weighted by atomic mass is 10.2. The van der Waals surface area contributed by atoms with E-state index in [9.17, 15) is 13.2 Å². The standard InChI is InChI=1S/C8H7ClF3N3/c1-13-15-4-7-6(9)2-5(3-14-7)8(10,11)12/h2-4,13H,1H3/b15-4+. The van der Waals surface area contributed by atoms with E-state index in [1.807, 2.05) is 0 Å². The number of hydrazone groups is 1. The van der Waals surface area contributed by atoms with Gasteiger partial charge in [-0.2, -0.15) is 18.3 Å². The summed E-state index contributed by atoms with van der Waals surface area (Å²) in [6.45, 7) is 0. The molecule has 0 aliphatic carbocycles. The summed E-state index contributed by atoms with van der Waals surface area (Å²) < 4.78 is 36.6. The molecule has 0 bridgehead atoms. The molecule has 0 fully saturated rings. The Morgan fingerprint density at radius 1 is 1.53 bits per heavy atom. The summed E-state index contributed by atoms with van der Waals surface area (Å²) in [6.07, 6.45) is -2.49. The normalized spacial score (nSPS) is 12.1. The molecule has 0 unspecified atom stereocenters. The van der Waals surface area contributed by atoms with Gasteiger partial charge in [0, 0.05) is 13.2 Å². The van der Waals surface area contributed by atoms with Gasteiger partial charge in [0.1, 0.15) is 5.69 Å². The Bertz CT molecular complexity index is 376. The van der Waals surface area contributed by atoms with E-state index in [4.69, 9.17) is 11.6 Å². The van der Waals surface area contributed by atoms with Crippen molar-refractivity contribution in [2.75, 3.05) is 7.05 Å². The highest BCUT2D eigenvalue weighted by molar-refractivity contribution is 6.32. The molecule has 82 valence electrons. The first kappa shape index (κ1) is 11.8. The maximum absolute atomic E-state index is 12.2. The minimum atomic E-state index is -4.44. The lowest BCUT2D eigenvalue weighted by Gasteiger charge is -2.06. The van der Waals surface area contributed by atoms with Crippen molar-refractivity contribution in [2.24, 2.45) is 5.10 Å². The van der Waals surface area contributed by atoms with Crippen molar-refractivity contribution in [3.63, 3.8) is 0 Å². The zero-order valence-corrected chi connectivity index (χ0v) is 8.39. The third-order valence-corrected chi connectivity index (χ3v) is 1.82. The summed E-state index contributed by atoms with van der Waals surface area (Å²) in [5.74, 6) is 0. The average Bonchev–Trinajstić information content (AvgIpc) is 2.14. The Balaban J connectivity index is 3.04. The van der Waals surface area contributed by atoms with Gasteiger partial charge in [-0.15, -0.1) is 0 Å². The van der Waals surface area contributed by atoms with Gasteiger partial charge in [-0.1, -0.05) is 11.6 Å². The molecule has 0 saturated heterocycles. The van der Waals surface area contributed by atoms with Crippen molar-refractivity contribution >= 4 is 17.8 Å².